The summed E-state index contributed by atoms with van der Waals surface area (Å²) < 4.78 is 0. The Balaban J connectivity index is 1.33. The first kappa shape index (κ1) is 15.9. The molecular formula is C19H23N5O. The van der Waals surface area contributed by atoms with E-state index in [-0.39, 0.29) is 6.03 Å². The van der Waals surface area contributed by atoms with Crippen molar-refractivity contribution >= 4 is 17.5 Å². The standard InChI is InChI=1S/C19H23N5O/c1-14-4-2-3-5-16(14)20-19(25)24-12-10-23(11-13-24)18-9-8-17(21-22-18)15-6-7-15/h2-5,8-9,15H,6-7,10-13H2,1H3,(H,20,25). The van der Waals surface area contributed by atoms with Crippen molar-refractivity contribution in [2.24, 2.45) is 0 Å². The second-order valence-electron chi connectivity index (χ2n) is 6.81. The van der Waals surface area contributed by atoms with Gasteiger partial charge in [0.15, 0.2) is 5.82 Å². The Bertz CT molecular complexity index is 749. The average Bonchev–Trinajstić information content (AvgIpc) is 3.49. The predicted molar refractivity (Wildman–Crippen MR) is 98.0 cm³/mol. The lowest BCUT2D eigenvalue weighted by atomic mass is 10.2. The number of urea groups is 1. The molecule has 1 aliphatic heterocycles. The van der Waals surface area contributed by atoms with E-state index >= 15 is 0 Å². The molecule has 6 heteroatoms. The predicted octanol–water partition coefficient (Wildman–Crippen LogP) is 3.02. The maximum absolute atomic E-state index is 12.5. The number of carbonyl (C=O) groups excluding carboxylic acids is 1. The molecule has 1 aromatic heterocycles. The van der Waals surface area contributed by atoms with E-state index in [1.165, 1.54) is 12.8 Å². The molecule has 1 aliphatic carbocycles. The van der Waals surface area contributed by atoms with Gasteiger partial charge in [-0.2, -0.15) is 5.10 Å². The minimum absolute atomic E-state index is 0.0379. The van der Waals surface area contributed by atoms with Crippen molar-refractivity contribution in [3.63, 3.8) is 0 Å². The van der Waals surface area contributed by atoms with E-state index in [9.17, 15) is 4.79 Å². The van der Waals surface area contributed by atoms with E-state index in [1.54, 1.807) is 0 Å². The Kier molecular flexibility index (Phi) is 4.26. The summed E-state index contributed by atoms with van der Waals surface area (Å²) in [7, 11) is 0. The number of hydrogen-bond acceptors (Lipinski definition) is 4. The van der Waals surface area contributed by atoms with Crippen LogP contribution in [0, 0.1) is 6.92 Å². The van der Waals surface area contributed by atoms with Gasteiger partial charge in [-0.25, -0.2) is 4.79 Å². The Hall–Kier alpha value is -2.63. The molecular weight excluding hydrogens is 314 g/mol. The van der Waals surface area contributed by atoms with Crippen LogP contribution in [0.1, 0.15) is 30.0 Å². The molecule has 6 nitrogen and oxygen atoms in total. The summed E-state index contributed by atoms with van der Waals surface area (Å²) in [6.07, 6.45) is 2.48. The molecule has 0 atom stereocenters. The second-order valence-corrected chi connectivity index (χ2v) is 6.81. The van der Waals surface area contributed by atoms with Crippen LogP contribution in [0.4, 0.5) is 16.3 Å². The van der Waals surface area contributed by atoms with Gasteiger partial charge in [0.25, 0.3) is 0 Å². The smallest absolute Gasteiger partial charge is 0.321 e. The zero-order valence-electron chi connectivity index (χ0n) is 14.5. The van der Waals surface area contributed by atoms with Crippen molar-refractivity contribution in [2.75, 3.05) is 36.4 Å². The quantitative estimate of drug-likeness (QED) is 0.935. The van der Waals surface area contributed by atoms with Crippen LogP contribution in [0.25, 0.3) is 0 Å². The summed E-state index contributed by atoms with van der Waals surface area (Å²) in [6, 6.07) is 12.0. The lowest BCUT2D eigenvalue weighted by Gasteiger charge is -2.35. The fourth-order valence-corrected chi connectivity index (χ4v) is 3.15. The van der Waals surface area contributed by atoms with E-state index in [1.807, 2.05) is 36.1 Å². The molecule has 4 rings (SSSR count). The number of benzene rings is 1. The number of rotatable bonds is 3. The number of carbonyl (C=O) groups is 1. The summed E-state index contributed by atoms with van der Waals surface area (Å²) in [4.78, 5) is 16.5. The molecule has 25 heavy (non-hydrogen) atoms. The summed E-state index contributed by atoms with van der Waals surface area (Å²) in [5.74, 6) is 1.53. The highest BCUT2D eigenvalue weighted by atomic mass is 16.2. The van der Waals surface area contributed by atoms with Crippen molar-refractivity contribution in [3.05, 3.63) is 47.7 Å². The minimum atomic E-state index is -0.0379. The maximum Gasteiger partial charge on any atom is 0.321 e. The Labute approximate surface area is 147 Å². The van der Waals surface area contributed by atoms with Crippen molar-refractivity contribution in [1.82, 2.24) is 15.1 Å². The van der Waals surface area contributed by atoms with E-state index in [4.69, 9.17) is 0 Å². The number of piperazine rings is 1. The van der Waals surface area contributed by atoms with Gasteiger partial charge in [0.05, 0.1) is 5.69 Å². The summed E-state index contributed by atoms with van der Waals surface area (Å²) in [5, 5.41) is 11.7. The molecule has 2 aromatic rings. The third-order valence-electron chi connectivity index (χ3n) is 4.94. The number of hydrogen-bond donors (Lipinski definition) is 1. The van der Waals surface area contributed by atoms with Gasteiger partial charge in [0.1, 0.15) is 0 Å². The van der Waals surface area contributed by atoms with Gasteiger partial charge in [-0.3, -0.25) is 0 Å². The summed E-state index contributed by atoms with van der Waals surface area (Å²) in [5.41, 5.74) is 3.05. The molecule has 1 saturated carbocycles. The highest BCUT2D eigenvalue weighted by molar-refractivity contribution is 5.90. The molecule has 0 bridgehead atoms. The van der Waals surface area contributed by atoms with Gasteiger partial charge in [-0.1, -0.05) is 18.2 Å². The Morgan fingerprint density at radius 1 is 1.04 bits per heavy atom. The van der Waals surface area contributed by atoms with Crippen molar-refractivity contribution < 1.29 is 4.79 Å². The van der Waals surface area contributed by atoms with Crippen LogP contribution in [0.15, 0.2) is 36.4 Å². The number of para-hydroxylation sites is 1. The molecule has 0 unspecified atom stereocenters. The van der Waals surface area contributed by atoms with Crippen LogP contribution in [0.5, 0.6) is 0 Å². The number of nitrogens with zero attached hydrogens (tertiary/aromatic N) is 4. The molecule has 0 radical (unpaired) electrons. The first-order valence-electron chi connectivity index (χ1n) is 8.91. The Morgan fingerprint density at radius 2 is 1.80 bits per heavy atom. The number of anilines is 2. The van der Waals surface area contributed by atoms with Gasteiger partial charge in [0.2, 0.25) is 0 Å². The molecule has 2 amide bonds. The summed E-state index contributed by atoms with van der Waals surface area (Å²) in [6.45, 7) is 4.92. The fourth-order valence-electron chi connectivity index (χ4n) is 3.15. The highest BCUT2D eigenvalue weighted by Crippen LogP contribution is 2.38. The van der Waals surface area contributed by atoms with Crippen molar-refractivity contribution in [3.8, 4) is 0 Å². The van der Waals surface area contributed by atoms with Gasteiger partial charge >= 0.3 is 6.03 Å². The molecule has 0 spiro atoms. The summed E-state index contributed by atoms with van der Waals surface area (Å²) >= 11 is 0. The van der Waals surface area contributed by atoms with Crippen molar-refractivity contribution in [2.45, 2.75) is 25.7 Å². The van der Waals surface area contributed by atoms with Crippen LogP contribution < -0.4 is 10.2 Å². The highest BCUT2D eigenvalue weighted by Gasteiger charge is 2.26. The maximum atomic E-state index is 12.5. The first-order chi connectivity index (χ1) is 12.2. The Morgan fingerprint density at radius 3 is 2.44 bits per heavy atom. The lowest BCUT2D eigenvalue weighted by Crippen LogP contribution is -2.50. The van der Waals surface area contributed by atoms with E-state index in [2.05, 4.69) is 32.5 Å². The van der Waals surface area contributed by atoms with Crippen LogP contribution >= 0.6 is 0 Å². The molecule has 130 valence electrons. The first-order valence-corrected chi connectivity index (χ1v) is 8.91. The topological polar surface area (TPSA) is 61.4 Å². The van der Waals surface area contributed by atoms with Crippen LogP contribution in [0.2, 0.25) is 0 Å². The van der Waals surface area contributed by atoms with Crippen LogP contribution in [-0.2, 0) is 0 Å². The van der Waals surface area contributed by atoms with Crippen molar-refractivity contribution in [1.29, 1.82) is 0 Å². The molecule has 2 aliphatic rings. The monoisotopic (exact) mass is 337 g/mol. The zero-order chi connectivity index (χ0) is 17.2. The van der Waals surface area contributed by atoms with Gasteiger partial charge in [0, 0.05) is 37.8 Å². The molecule has 1 saturated heterocycles. The average molecular weight is 337 g/mol. The third kappa shape index (κ3) is 3.57. The van der Waals surface area contributed by atoms with Gasteiger partial charge in [-0.15, -0.1) is 5.10 Å². The third-order valence-corrected chi connectivity index (χ3v) is 4.94. The zero-order valence-corrected chi connectivity index (χ0v) is 14.5. The van der Waals surface area contributed by atoms with Crippen LogP contribution in [0.3, 0.4) is 0 Å². The fraction of sp³-hybridized carbons (Fsp3) is 0.421. The number of aryl methyl sites for hydroxylation is 1. The SMILES string of the molecule is Cc1ccccc1NC(=O)N1CCN(c2ccc(C3CC3)nn2)CC1. The van der Waals surface area contributed by atoms with Crippen LogP contribution in [-0.4, -0.2) is 47.3 Å². The normalized spacial score (nSPS) is 17.5. The molecule has 2 heterocycles. The largest absolute Gasteiger partial charge is 0.352 e. The number of aromatic nitrogens is 2. The molecule has 1 aromatic carbocycles. The van der Waals surface area contributed by atoms with Gasteiger partial charge in [-0.05, 0) is 43.5 Å². The van der Waals surface area contributed by atoms with E-state index in [0.29, 0.717) is 19.0 Å². The molecule has 2 fully saturated rings. The second kappa shape index (κ2) is 6.70. The number of amides is 2. The van der Waals surface area contributed by atoms with Gasteiger partial charge < -0.3 is 15.1 Å². The minimum Gasteiger partial charge on any atom is -0.352 e. The molecule has 1 N–H and O–H groups in total. The van der Waals surface area contributed by atoms with E-state index in [0.717, 1.165) is 35.9 Å². The van der Waals surface area contributed by atoms with E-state index < -0.39 is 0 Å². The lowest BCUT2D eigenvalue weighted by molar-refractivity contribution is 0.208. The number of nitrogens with one attached hydrogen (secondary N) is 1.